The zero-order valence-corrected chi connectivity index (χ0v) is 12.1. The Hall–Kier alpha value is -1.02. The number of nitrogens with two attached hydrogens (primary N) is 1. The van der Waals surface area contributed by atoms with Crippen LogP contribution in [0.2, 0.25) is 0 Å². The summed E-state index contributed by atoms with van der Waals surface area (Å²) < 4.78 is 0. The number of benzene rings is 1. The molecule has 0 aromatic heterocycles. The van der Waals surface area contributed by atoms with Crippen molar-refractivity contribution in [1.82, 2.24) is 0 Å². The van der Waals surface area contributed by atoms with Gasteiger partial charge in [0.1, 0.15) is 0 Å². The van der Waals surface area contributed by atoms with Crippen molar-refractivity contribution in [1.29, 1.82) is 0 Å². The number of hydrogen-bond donors (Lipinski definition) is 1. The molecule has 1 aromatic rings. The molecular formula is C17H26N2. The lowest BCUT2D eigenvalue weighted by atomic mass is 9.92. The number of anilines is 1. The third-order valence-electron chi connectivity index (χ3n) is 4.96. The summed E-state index contributed by atoms with van der Waals surface area (Å²) in [5.41, 5.74) is 10.5. The zero-order valence-electron chi connectivity index (χ0n) is 12.1. The van der Waals surface area contributed by atoms with E-state index < -0.39 is 0 Å². The lowest BCUT2D eigenvalue weighted by Gasteiger charge is -2.35. The highest BCUT2D eigenvalue weighted by Crippen LogP contribution is 2.39. The predicted molar refractivity (Wildman–Crippen MR) is 81.8 cm³/mol. The largest absolute Gasteiger partial charge is 0.368 e. The molecule has 1 aromatic carbocycles. The summed E-state index contributed by atoms with van der Waals surface area (Å²) >= 11 is 0. The highest BCUT2D eigenvalue weighted by atomic mass is 15.2. The monoisotopic (exact) mass is 258 g/mol. The van der Waals surface area contributed by atoms with Gasteiger partial charge in [0.15, 0.2) is 0 Å². The van der Waals surface area contributed by atoms with Crippen LogP contribution in [0, 0.1) is 0 Å². The Bertz CT molecular complexity index is 435. The summed E-state index contributed by atoms with van der Waals surface area (Å²) in [5.74, 6) is 0.471. The zero-order chi connectivity index (χ0) is 13.2. The topological polar surface area (TPSA) is 29.3 Å². The van der Waals surface area contributed by atoms with Crippen LogP contribution in [0.1, 0.15) is 56.1 Å². The van der Waals surface area contributed by atoms with E-state index in [2.05, 4.69) is 30.0 Å². The third kappa shape index (κ3) is 2.38. The van der Waals surface area contributed by atoms with Gasteiger partial charge in [-0.15, -0.1) is 0 Å². The second-order valence-electron chi connectivity index (χ2n) is 6.23. The molecule has 2 N–H and O–H groups in total. The minimum Gasteiger partial charge on any atom is -0.368 e. The SMILES string of the molecule is CC(CN)c1cccc2c1N(C1CCCCC1)CC2. The van der Waals surface area contributed by atoms with Crippen LogP contribution in [-0.4, -0.2) is 19.1 Å². The van der Waals surface area contributed by atoms with Gasteiger partial charge in [-0.25, -0.2) is 0 Å². The van der Waals surface area contributed by atoms with Gasteiger partial charge in [-0.3, -0.25) is 0 Å². The number of hydrogen-bond acceptors (Lipinski definition) is 2. The van der Waals surface area contributed by atoms with E-state index in [4.69, 9.17) is 5.73 Å². The van der Waals surface area contributed by atoms with Gasteiger partial charge in [-0.05, 0) is 42.9 Å². The molecule has 2 aliphatic rings. The van der Waals surface area contributed by atoms with E-state index in [0.717, 1.165) is 12.6 Å². The summed E-state index contributed by atoms with van der Waals surface area (Å²) in [6.07, 6.45) is 8.22. The summed E-state index contributed by atoms with van der Waals surface area (Å²) in [7, 11) is 0. The Morgan fingerprint density at radius 1 is 1.26 bits per heavy atom. The van der Waals surface area contributed by atoms with Crippen LogP contribution < -0.4 is 10.6 Å². The summed E-state index contributed by atoms with van der Waals surface area (Å²) in [4.78, 5) is 2.70. The minimum absolute atomic E-state index is 0.471. The number of fused-ring (bicyclic) bond motifs is 1. The molecule has 0 saturated heterocycles. The molecule has 0 amide bonds. The first-order valence-corrected chi connectivity index (χ1v) is 7.89. The maximum Gasteiger partial charge on any atom is 0.0437 e. The second-order valence-corrected chi connectivity index (χ2v) is 6.23. The van der Waals surface area contributed by atoms with Gasteiger partial charge >= 0.3 is 0 Å². The molecule has 2 nitrogen and oxygen atoms in total. The summed E-state index contributed by atoms with van der Waals surface area (Å²) in [6.45, 7) is 4.22. The summed E-state index contributed by atoms with van der Waals surface area (Å²) in [6, 6.07) is 7.59. The highest BCUT2D eigenvalue weighted by molar-refractivity contribution is 5.65. The molecule has 1 saturated carbocycles. The predicted octanol–water partition coefficient (Wildman–Crippen LogP) is 3.44. The average molecular weight is 258 g/mol. The molecule has 1 unspecified atom stereocenters. The molecule has 0 bridgehead atoms. The van der Waals surface area contributed by atoms with E-state index in [9.17, 15) is 0 Å². The van der Waals surface area contributed by atoms with Crippen molar-refractivity contribution in [3.05, 3.63) is 29.3 Å². The standard InChI is InChI=1S/C17H26N2/c1-13(12-18)16-9-5-6-14-10-11-19(17(14)16)15-7-3-2-4-8-15/h5-6,9,13,15H,2-4,7-8,10-12,18H2,1H3. The fourth-order valence-electron chi connectivity index (χ4n) is 3.80. The molecule has 19 heavy (non-hydrogen) atoms. The molecule has 1 aliphatic heterocycles. The first kappa shape index (κ1) is 13.0. The van der Waals surface area contributed by atoms with Crippen LogP contribution in [0.4, 0.5) is 5.69 Å². The van der Waals surface area contributed by atoms with Crippen LogP contribution in [-0.2, 0) is 6.42 Å². The Kier molecular flexibility index (Phi) is 3.79. The molecule has 0 spiro atoms. The molecule has 1 fully saturated rings. The Morgan fingerprint density at radius 2 is 2.05 bits per heavy atom. The Morgan fingerprint density at radius 3 is 2.79 bits per heavy atom. The van der Waals surface area contributed by atoms with Crippen molar-refractivity contribution in [3.8, 4) is 0 Å². The molecule has 0 radical (unpaired) electrons. The maximum absolute atomic E-state index is 5.90. The molecular weight excluding hydrogens is 232 g/mol. The molecule has 3 rings (SSSR count). The van der Waals surface area contributed by atoms with E-state index in [1.165, 1.54) is 56.3 Å². The van der Waals surface area contributed by atoms with Crippen molar-refractivity contribution in [3.63, 3.8) is 0 Å². The fraction of sp³-hybridized carbons (Fsp3) is 0.647. The smallest absolute Gasteiger partial charge is 0.0437 e. The normalized spacial score (nSPS) is 21.5. The van der Waals surface area contributed by atoms with Crippen molar-refractivity contribution >= 4 is 5.69 Å². The van der Waals surface area contributed by atoms with E-state index >= 15 is 0 Å². The number of para-hydroxylation sites is 1. The van der Waals surface area contributed by atoms with Crippen LogP contribution in [0.3, 0.4) is 0 Å². The molecule has 1 aliphatic carbocycles. The molecule has 104 valence electrons. The van der Waals surface area contributed by atoms with E-state index in [1.807, 2.05) is 0 Å². The quantitative estimate of drug-likeness (QED) is 0.900. The van der Waals surface area contributed by atoms with Crippen molar-refractivity contribution < 1.29 is 0 Å². The summed E-state index contributed by atoms with van der Waals surface area (Å²) in [5, 5.41) is 0. The second kappa shape index (κ2) is 5.54. The van der Waals surface area contributed by atoms with Gasteiger partial charge in [0.2, 0.25) is 0 Å². The molecule has 2 heteroatoms. The van der Waals surface area contributed by atoms with Crippen LogP contribution in [0.25, 0.3) is 0 Å². The third-order valence-corrected chi connectivity index (χ3v) is 4.96. The van der Waals surface area contributed by atoms with Crippen molar-refractivity contribution in [2.24, 2.45) is 5.73 Å². The Labute approximate surface area is 117 Å². The van der Waals surface area contributed by atoms with Gasteiger partial charge in [-0.2, -0.15) is 0 Å². The van der Waals surface area contributed by atoms with Crippen molar-refractivity contribution in [2.75, 3.05) is 18.0 Å². The van der Waals surface area contributed by atoms with E-state index in [0.29, 0.717) is 5.92 Å². The van der Waals surface area contributed by atoms with Crippen molar-refractivity contribution in [2.45, 2.75) is 57.4 Å². The maximum atomic E-state index is 5.90. The van der Waals surface area contributed by atoms with E-state index in [1.54, 1.807) is 5.56 Å². The van der Waals surface area contributed by atoms with E-state index in [-0.39, 0.29) is 0 Å². The first-order valence-electron chi connectivity index (χ1n) is 7.89. The lowest BCUT2D eigenvalue weighted by molar-refractivity contribution is 0.419. The Balaban J connectivity index is 1.93. The number of rotatable bonds is 3. The average Bonchev–Trinajstić information content (AvgIpc) is 2.91. The van der Waals surface area contributed by atoms with Gasteiger partial charge in [0.05, 0.1) is 0 Å². The van der Waals surface area contributed by atoms with Crippen LogP contribution >= 0.6 is 0 Å². The van der Waals surface area contributed by atoms with Gasteiger partial charge in [0.25, 0.3) is 0 Å². The fourth-order valence-corrected chi connectivity index (χ4v) is 3.80. The van der Waals surface area contributed by atoms with Crippen LogP contribution in [0.15, 0.2) is 18.2 Å². The van der Waals surface area contributed by atoms with Crippen LogP contribution in [0.5, 0.6) is 0 Å². The van der Waals surface area contributed by atoms with Gasteiger partial charge in [0, 0.05) is 18.3 Å². The minimum atomic E-state index is 0.471. The number of nitrogens with zero attached hydrogens (tertiary/aromatic N) is 1. The lowest BCUT2D eigenvalue weighted by Crippen LogP contribution is -2.36. The molecule has 1 atom stereocenters. The van der Waals surface area contributed by atoms with Gasteiger partial charge in [-0.1, -0.05) is 44.4 Å². The first-order chi connectivity index (χ1) is 9.31. The highest BCUT2D eigenvalue weighted by Gasteiger charge is 2.29. The van der Waals surface area contributed by atoms with Gasteiger partial charge < -0.3 is 10.6 Å². The molecule has 1 heterocycles.